The molecule has 2 aromatic rings. The van der Waals surface area contributed by atoms with E-state index in [1.165, 1.54) is 12.1 Å². The molecule has 0 saturated carbocycles. The largest absolute Gasteiger partial charge is 1.00 e. The molecular formula is C13H8F3IZn-. The number of rotatable bonds is 1. The predicted molar refractivity (Wildman–Crippen MR) is 55.7 cm³/mol. The molecule has 0 atom stereocenters. The van der Waals surface area contributed by atoms with Crippen LogP contribution in [-0.4, -0.2) is 0 Å². The molecule has 0 fully saturated rings. The second-order valence-corrected chi connectivity index (χ2v) is 3.37. The molecule has 0 bridgehead atoms. The van der Waals surface area contributed by atoms with Crippen molar-refractivity contribution in [3.05, 3.63) is 60.2 Å². The van der Waals surface area contributed by atoms with Gasteiger partial charge < -0.3 is 24.0 Å². The van der Waals surface area contributed by atoms with E-state index in [4.69, 9.17) is 0 Å². The van der Waals surface area contributed by atoms with E-state index in [-0.39, 0.29) is 43.5 Å². The van der Waals surface area contributed by atoms with E-state index in [0.29, 0.717) is 0 Å². The fourth-order valence-electron chi connectivity index (χ4n) is 1.42. The van der Waals surface area contributed by atoms with Crippen molar-refractivity contribution in [3.63, 3.8) is 0 Å². The minimum Gasteiger partial charge on any atom is -1.00 e. The Morgan fingerprint density at radius 1 is 0.889 bits per heavy atom. The zero-order chi connectivity index (χ0) is 11.6. The summed E-state index contributed by atoms with van der Waals surface area (Å²) in [5.41, 5.74) is 0.984. The molecule has 0 spiro atoms. The Kier molecular flexibility index (Phi) is 7.07. The molecule has 18 heavy (non-hydrogen) atoms. The van der Waals surface area contributed by atoms with E-state index in [9.17, 15) is 13.2 Å². The van der Waals surface area contributed by atoms with E-state index in [1.54, 1.807) is 18.2 Å². The first kappa shape index (κ1) is 17.6. The van der Waals surface area contributed by atoms with Crippen LogP contribution in [0.2, 0.25) is 0 Å². The Labute approximate surface area is 133 Å². The third-order valence-electron chi connectivity index (χ3n) is 2.25. The monoisotopic (exact) mass is 412 g/mol. The van der Waals surface area contributed by atoms with Gasteiger partial charge in [-0.2, -0.15) is 13.2 Å². The minimum atomic E-state index is -4.28. The van der Waals surface area contributed by atoms with Crippen LogP contribution in [0.4, 0.5) is 13.2 Å². The molecule has 0 aliphatic carbocycles. The minimum absolute atomic E-state index is 0. The summed E-state index contributed by atoms with van der Waals surface area (Å²) in [5, 5.41) is 0. The third-order valence-corrected chi connectivity index (χ3v) is 2.25. The summed E-state index contributed by atoms with van der Waals surface area (Å²) in [7, 11) is 0. The van der Waals surface area contributed by atoms with Crippen LogP contribution in [0.15, 0.2) is 48.5 Å². The first-order chi connectivity index (χ1) is 7.57. The Hall–Kier alpha value is -0.417. The van der Waals surface area contributed by atoms with E-state index in [2.05, 4.69) is 6.07 Å². The first-order valence-corrected chi connectivity index (χ1v) is 4.71. The van der Waals surface area contributed by atoms with Crippen LogP contribution in [-0.2, 0) is 25.7 Å². The predicted octanol–water partition coefficient (Wildman–Crippen LogP) is 1.17. The zero-order valence-corrected chi connectivity index (χ0v) is 14.5. The summed E-state index contributed by atoms with van der Waals surface area (Å²) in [6, 6.07) is 15.1. The number of alkyl halides is 3. The van der Waals surface area contributed by atoms with Crippen molar-refractivity contribution in [1.29, 1.82) is 0 Å². The molecule has 1 radical (unpaired) electrons. The second-order valence-electron chi connectivity index (χ2n) is 3.37. The average Bonchev–Trinajstić information content (AvgIpc) is 2.29. The van der Waals surface area contributed by atoms with Gasteiger partial charge in [-0.3, -0.25) is 0 Å². The van der Waals surface area contributed by atoms with Gasteiger partial charge in [-0.1, -0.05) is 30.3 Å². The maximum atomic E-state index is 12.3. The Morgan fingerprint density at radius 2 is 1.50 bits per heavy atom. The van der Waals surface area contributed by atoms with Crippen LogP contribution >= 0.6 is 0 Å². The van der Waals surface area contributed by atoms with Crippen molar-refractivity contribution in [2.45, 2.75) is 6.18 Å². The molecule has 91 valence electrons. The smallest absolute Gasteiger partial charge is 0.416 e. The van der Waals surface area contributed by atoms with Gasteiger partial charge in [0.25, 0.3) is 0 Å². The molecule has 0 aromatic heterocycles. The third kappa shape index (κ3) is 4.36. The molecular weight excluding hydrogens is 405 g/mol. The molecule has 2 aromatic carbocycles. The van der Waals surface area contributed by atoms with Gasteiger partial charge in [-0.15, -0.1) is 0 Å². The Balaban J connectivity index is 0.00000144. The molecule has 0 N–H and O–H groups in total. The van der Waals surface area contributed by atoms with Crippen molar-refractivity contribution in [2.24, 2.45) is 0 Å². The molecule has 0 heterocycles. The number of halogens is 4. The van der Waals surface area contributed by atoms with E-state index in [0.717, 1.165) is 23.3 Å². The second kappa shape index (κ2) is 7.24. The summed E-state index contributed by atoms with van der Waals surface area (Å²) in [4.78, 5) is 0. The normalized spacial score (nSPS) is 10.2. The quantitative estimate of drug-likeness (QED) is 0.487. The van der Waals surface area contributed by atoms with Crippen LogP contribution < -0.4 is 24.0 Å². The summed E-state index contributed by atoms with van der Waals surface area (Å²) in [6.07, 6.45) is -4.28. The fourth-order valence-corrected chi connectivity index (χ4v) is 1.42. The van der Waals surface area contributed by atoms with Crippen LogP contribution in [0.5, 0.6) is 0 Å². The van der Waals surface area contributed by atoms with Gasteiger partial charge >= 0.3 is 6.18 Å². The molecule has 0 amide bonds. The number of hydrogen-bond acceptors (Lipinski definition) is 0. The van der Waals surface area contributed by atoms with Crippen molar-refractivity contribution >= 4 is 0 Å². The molecule has 5 heteroatoms. The van der Waals surface area contributed by atoms with E-state index >= 15 is 0 Å². The molecule has 0 aliphatic rings. The SMILES string of the molecule is FC(F)(F)c1ccc(-c2c[c]ccc2)cc1.[I-].[Zn]. The maximum Gasteiger partial charge on any atom is 0.416 e. The van der Waals surface area contributed by atoms with Gasteiger partial charge in [-0.25, -0.2) is 0 Å². The van der Waals surface area contributed by atoms with E-state index < -0.39 is 11.7 Å². The molecule has 0 aliphatic heterocycles. The topological polar surface area (TPSA) is 0 Å². The summed E-state index contributed by atoms with van der Waals surface area (Å²) in [5.74, 6) is 0. The van der Waals surface area contributed by atoms with Gasteiger partial charge in [0.1, 0.15) is 0 Å². The van der Waals surface area contributed by atoms with Crippen LogP contribution in [0.25, 0.3) is 11.1 Å². The number of benzene rings is 2. The summed E-state index contributed by atoms with van der Waals surface area (Å²) < 4.78 is 36.9. The van der Waals surface area contributed by atoms with Crippen molar-refractivity contribution in [1.82, 2.24) is 0 Å². The summed E-state index contributed by atoms with van der Waals surface area (Å²) in [6.45, 7) is 0. The molecule has 2 rings (SSSR count). The Morgan fingerprint density at radius 3 is 1.94 bits per heavy atom. The van der Waals surface area contributed by atoms with E-state index in [1.807, 2.05) is 6.07 Å². The summed E-state index contributed by atoms with van der Waals surface area (Å²) >= 11 is 0. The van der Waals surface area contributed by atoms with Crippen LogP contribution in [0.3, 0.4) is 0 Å². The molecule has 0 nitrogen and oxygen atoms in total. The molecule has 0 saturated heterocycles. The van der Waals surface area contributed by atoms with Gasteiger partial charge in [0.15, 0.2) is 0 Å². The Bertz CT molecular complexity index is 466. The van der Waals surface area contributed by atoms with Crippen molar-refractivity contribution in [2.75, 3.05) is 0 Å². The number of hydrogen-bond donors (Lipinski definition) is 0. The standard InChI is InChI=1S/C13H8F3.HI.Zn/c14-13(15,16)12-8-6-11(7-9-12)10-4-2-1-3-5-10;;/h1-2,4-9H;1H;/p-1. The fraction of sp³-hybridized carbons (Fsp3) is 0.0769. The van der Waals surface area contributed by atoms with Gasteiger partial charge in [0, 0.05) is 19.5 Å². The van der Waals surface area contributed by atoms with Crippen LogP contribution in [0, 0.1) is 6.07 Å². The maximum absolute atomic E-state index is 12.3. The average molecular weight is 413 g/mol. The van der Waals surface area contributed by atoms with Gasteiger partial charge in [-0.05, 0) is 35.4 Å². The zero-order valence-electron chi connectivity index (χ0n) is 9.34. The molecule has 0 unspecified atom stereocenters. The van der Waals surface area contributed by atoms with Gasteiger partial charge in [0.05, 0.1) is 5.56 Å². The van der Waals surface area contributed by atoms with Crippen molar-refractivity contribution in [3.8, 4) is 11.1 Å². The van der Waals surface area contributed by atoms with Crippen LogP contribution in [0.1, 0.15) is 5.56 Å². The first-order valence-electron chi connectivity index (χ1n) is 4.71. The van der Waals surface area contributed by atoms with Crippen molar-refractivity contribution < 1.29 is 56.6 Å². The van der Waals surface area contributed by atoms with Gasteiger partial charge in [0.2, 0.25) is 0 Å².